The van der Waals surface area contributed by atoms with Gasteiger partial charge >= 0.3 is 5.97 Å². The third-order valence-corrected chi connectivity index (χ3v) is 8.08. The zero-order valence-electron chi connectivity index (χ0n) is 22.7. The molecule has 0 bridgehead atoms. The van der Waals surface area contributed by atoms with Crippen LogP contribution < -0.4 is 5.32 Å². The summed E-state index contributed by atoms with van der Waals surface area (Å²) in [5, 5.41) is 12.5. The Morgan fingerprint density at radius 1 is 1.05 bits per heavy atom. The molecule has 3 heterocycles. The predicted molar refractivity (Wildman–Crippen MR) is 158 cm³/mol. The molecule has 1 atom stereocenters. The van der Waals surface area contributed by atoms with E-state index in [1.54, 1.807) is 29.4 Å². The van der Waals surface area contributed by atoms with E-state index in [9.17, 15) is 9.59 Å². The minimum absolute atomic E-state index is 0.254. The van der Waals surface area contributed by atoms with Crippen LogP contribution >= 0.6 is 11.6 Å². The Kier molecular flexibility index (Phi) is 6.93. The van der Waals surface area contributed by atoms with Gasteiger partial charge < -0.3 is 14.6 Å². The van der Waals surface area contributed by atoms with E-state index in [0.29, 0.717) is 30.0 Å². The maximum Gasteiger partial charge on any atom is 0.330 e. The lowest BCUT2D eigenvalue weighted by atomic mass is 9.81. The lowest BCUT2D eigenvalue weighted by Crippen LogP contribution is -2.51. The van der Waals surface area contributed by atoms with E-state index in [-0.39, 0.29) is 5.91 Å². The fraction of sp³-hybridized carbons (Fsp3) is 0.188. The second-order valence-corrected chi connectivity index (χ2v) is 10.7. The topological polar surface area (TPSA) is 91.0 Å². The van der Waals surface area contributed by atoms with Crippen LogP contribution in [0.4, 0.5) is 0 Å². The van der Waals surface area contributed by atoms with Crippen molar-refractivity contribution in [2.75, 3.05) is 7.11 Å². The third kappa shape index (κ3) is 4.91. The molecule has 9 heteroatoms. The Labute approximate surface area is 242 Å². The van der Waals surface area contributed by atoms with Gasteiger partial charge in [0.15, 0.2) is 0 Å². The van der Waals surface area contributed by atoms with Crippen molar-refractivity contribution < 1.29 is 14.3 Å². The number of fused-ring (bicyclic) bond motifs is 3. The molecule has 6 rings (SSSR count). The van der Waals surface area contributed by atoms with E-state index in [1.807, 2.05) is 30.3 Å². The average molecular weight is 566 g/mol. The number of hydrogen-bond acceptors (Lipinski definition) is 5. The SMILES string of the molecule is COC(=O)/C=C/c1c2n(c3ccc(C)cc13)CC(NC(=O)c1ccc(-n3cnnc3)cc1Cl)(c1ccccc1)CC2. The number of ether oxygens (including phenoxy) is 1. The number of hydrogen-bond donors (Lipinski definition) is 1. The van der Waals surface area contributed by atoms with Crippen LogP contribution in [0.3, 0.4) is 0 Å². The number of methoxy groups -OCH3 is 1. The minimum atomic E-state index is -0.693. The lowest BCUT2D eigenvalue weighted by Gasteiger charge is -2.40. The van der Waals surface area contributed by atoms with Crippen LogP contribution in [0.2, 0.25) is 5.02 Å². The number of amides is 1. The van der Waals surface area contributed by atoms with E-state index in [0.717, 1.165) is 39.0 Å². The van der Waals surface area contributed by atoms with Crippen LogP contribution in [0.25, 0.3) is 22.7 Å². The van der Waals surface area contributed by atoms with Crippen LogP contribution in [-0.2, 0) is 28.0 Å². The zero-order chi connectivity index (χ0) is 28.6. The van der Waals surface area contributed by atoms with E-state index in [1.165, 1.54) is 13.2 Å². The summed E-state index contributed by atoms with van der Waals surface area (Å²) in [5.41, 5.74) is 5.75. The summed E-state index contributed by atoms with van der Waals surface area (Å²) >= 11 is 6.63. The Hall–Kier alpha value is -4.69. The first-order chi connectivity index (χ1) is 19.9. The largest absolute Gasteiger partial charge is 0.466 e. The van der Waals surface area contributed by atoms with Gasteiger partial charge in [0.1, 0.15) is 12.7 Å². The van der Waals surface area contributed by atoms with Crippen LogP contribution in [0.15, 0.2) is 85.5 Å². The minimum Gasteiger partial charge on any atom is -0.466 e. The van der Waals surface area contributed by atoms with E-state index in [4.69, 9.17) is 16.3 Å². The lowest BCUT2D eigenvalue weighted by molar-refractivity contribution is -0.134. The Morgan fingerprint density at radius 3 is 2.56 bits per heavy atom. The maximum absolute atomic E-state index is 13.8. The number of esters is 1. The summed E-state index contributed by atoms with van der Waals surface area (Å²) in [6, 6.07) is 21.6. The van der Waals surface area contributed by atoms with E-state index < -0.39 is 11.5 Å². The first-order valence-corrected chi connectivity index (χ1v) is 13.7. The number of aromatic nitrogens is 4. The van der Waals surface area contributed by atoms with Gasteiger partial charge in [-0.05, 0) is 61.7 Å². The monoisotopic (exact) mass is 565 g/mol. The van der Waals surface area contributed by atoms with Gasteiger partial charge in [-0.3, -0.25) is 9.36 Å². The van der Waals surface area contributed by atoms with Gasteiger partial charge in [-0.2, -0.15) is 0 Å². The predicted octanol–water partition coefficient (Wildman–Crippen LogP) is 5.64. The molecule has 1 amide bonds. The molecule has 0 spiro atoms. The number of rotatable bonds is 6. The summed E-state index contributed by atoms with van der Waals surface area (Å²) in [4.78, 5) is 25.8. The smallest absolute Gasteiger partial charge is 0.330 e. The maximum atomic E-state index is 13.8. The molecule has 1 N–H and O–H groups in total. The van der Waals surface area contributed by atoms with Crippen molar-refractivity contribution in [3.63, 3.8) is 0 Å². The number of carbonyl (C=O) groups is 2. The summed E-state index contributed by atoms with van der Waals surface area (Å²) in [6.45, 7) is 2.57. The average Bonchev–Trinajstić information content (AvgIpc) is 3.62. The third-order valence-electron chi connectivity index (χ3n) is 7.77. The molecule has 8 nitrogen and oxygen atoms in total. The number of nitrogens with zero attached hydrogens (tertiary/aromatic N) is 4. The van der Waals surface area contributed by atoms with Crippen LogP contribution in [-0.4, -0.2) is 38.3 Å². The van der Waals surface area contributed by atoms with Crippen molar-refractivity contribution in [2.24, 2.45) is 0 Å². The van der Waals surface area contributed by atoms with Crippen molar-refractivity contribution in [1.29, 1.82) is 0 Å². The van der Waals surface area contributed by atoms with Gasteiger partial charge in [-0.1, -0.05) is 53.6 Å². The fourth-order valence-corrected chi connectivity index (χ4v) is 5.98. The molecule has 1 aliphatic rings. The molecule has 1 aliphatic heterocycles. The molecule has 0 radical (unpaired) electrons. The molecule has 0 saturated carbocycles. The first kappa shape index (κ1) is 26.5. The highest BCUT2D eigenvalue weighted by atomic mass is 35.5. The van der Waals surface area contributed by atoms with Gasteiger partial charge in [0, 0.05) is 33.9 Å². The number of halogens is 1. The van der Waals surface area contributed by atoms with Gasteiger partial charge in [0.2, 0.25) is 0 Å². The normalized spacial score (nSPS) is 16.6. The van der Waals surface area contributed by atoms with Crippen LogP contribution in [0, 0.1) is 6.92 Å². The first-order valence-electron chi connectivity index (χ1n) is 13.3. The van der Waals surface area contributed by atoms with Gasteiger partial charge in [-0.15, -0.1) is 10.2 Å². The van der Waals surface area contributed by atoms with Crippen molar-refractivity contribution in [3.05, 3.63) is 118 Å². The van der Waals surface area contributed by atoms with Gasteiger partial charge in [0.25, 0.3) is 5.91 Å². The van der Waals surface area contributed by atoms with Crippen LogP contribution in [0.1, 0.15) is 39.2 Å². The van der Waals surface area contributed by atoms with Gasteiger partial charge in [0.05, 0.1) is 29.8 Å². The number of aryl methyl sites for hydroxylation is 1. The molecule has 1 unspecified atom stereocenters. The molecule has 5 aromatic rings. The molecule has 0 saturated heterocycles. The Bertz CT molecular complexity index is 1790. The molecule has 3 aromatic carbocycles. The Morgan fingerprint density at radius 2 is 1.83 bits per heavy atom. The molecular weight excluding hydrogens is 538 g/mol. The summed E-state index contributed by atoms with van der Waals surface area (Å²) in [7, 11) is 1.37. The zero-order valence-corrected chi connectivity index (χ0v) is 23.4. The van der Waals surface area contributed by atoms with Crippen LogP contribution in [0.5, 0.6) is 0 Å². The highest BCUT2D eigenvalue weighted by Crippen LogP contribution is 2.40. The molecule has 206 valence electrons. The van der Waals surface area contributed by atoms with Crippen molar-refractivity contribution in [2.45, 2.75) is 31.8 Å². The van der Waals surface area contributed by atoms with E-state index >= 15 is 0 Å². The number of nitrogens with one attached hydrogen (secondary N) is 1. The second-order valence-electron chi connectivity index (χ2n) is 10.3. The quantitative estimate of drug-likeness (QED) is 0.212. The van der Waals surface area contributed by atoms with Gasteiger partial charge in [-0.25, -0.2) is 4.79 Å². The summed E-state index contributed by atoms with van der Waals surface area (Å²) in [5.74, 6) is -0.657. The Balaban J connectivity index is 1.42. The van der Waals surface area contributed by atoms with E-state index in [2.05, 4.69) is 57.3 Å². The fourth-order valence-electron chi connectivity index (χ4n) is 5.72. The molecular formula is C32H28ClN5O3. The standard InChI is InChI=1S/C32H28ClN5O3/c1-21-8-12-28-26(16-21)24(11-13-30(39)41-2)29-14-15-32(18-38(28)29,22-6-4-3-5-7-22)36-31(40)25-10-9-23(17-27(25)33)37-19-34-35-20-37/h3-13,16-17,19-20H,14-15,18H2,1-2H3,(H,36,40)/b13-11+. The number of carbonyl (C=O) groups excluding carboxylic acids is 2. The molecule has 0 aliphatic carbocycles. The highest BCUT2D eigenvalue weighted by molar-refractivity contribution is 6.34. The molecule has 0 fully saturated rings. The summed E-state index contributed by atoms with van der Waals surface area (Å²) < 4.78 is 8.84. The number of benzene rings is 3. The second kappa shape index (κ2) is 10.7. The molecule has 2 aromatic heterocycles. The molecule has 41 heavy (non-hydrogen) atoms. The van der Waals surface area contributed by atoms with Crippen molar-refractivity contribution >= 4 is 40.5 Å². The highest BCUT2D eigenvalue weighted by Gasteiger charge is 2.39. The van der Waals surface area contributed by atoms with Crippen molar-refractivity contribution in [1.82, 2.24) is 24.6 Å². The van der Waals surface area contributed by atoms with Crippen molar-refractivity contribution in [3.8, 4) is 5.69 Å². The summed E-state index contributed by atoms with van der Waals surface area (Å²) in [6.07, 6.45) is 7.80.